The Morgan fingerprint density at radius 1 is 1.03 bits per heavy atom. The van der Waals surface area contributed by atoms with Gasteiger partial charge in [-0.05, 0) is 63.0 Å². The van der Waals surface area contributed by atoms with Gasteiger partial charge in [-0.2, -0.15) is 0 Å². The fourth-order valence-corrected chi connectivity index (χ4v) is 5.20. The van der Waals surface area contributed by atoms with Gasteiger partial charge in [-0.15, -0.1) is 0 Å². The Kier molecular flexibility index (Phi) is 7.15. The second-order valence-electron chi connectivity index (χ2n) is 9.04. The molecule has 1 unspecified atom stereocenters. The number of para-hydroxylation sites is 1. The molecule has 1 atom stereocenters. The van der Waals surface area contributed by atoms with Crippen LogP contribution in [0.4, 0.5) is 10.5 Å². The number of anilines is 1. The van der Waals surface area contributed by atoms with E-state index < -0.39 is 0 Å². The van der Waals surface area contributed by atoms with Crippen molar-refractivity contribution in [2.45, 2.75) is 51.9 Å². The van der Waals surface area contributed by atoms with Crippen molar-refractivity contribution in [1.29, 1.82) is 0 Å². The average molecular weight is 425 g/mol. The monoisotopic (exact) mass is 424 g/mol. The van der Waals surface area contributed by atoms with Crippen LogP contribution in [0.25, 0.3) is 0 Å². The van der Waals surface area contributed by atoms with Crippen LogP contribution in [0.3, 0.4) is 0 Å². The molecule has 4 rings (SSSR count). The molecule has 0 aromatic heterocycles. The molecule has 31 heavy (non-hydrogen) atoms. The lowest BCUT2D eigenvalue weighted by molar-refractivity contribution is -0.131. The first-order valence-electron chi connectivity index (χ1n) is 12.0. The second kappa shape index (κ2) is 10.2. The number of fused-ring (bicyclic) bond motifs is 1. The van der Waals surface area contributed by atoms with Gasteiger partial charge in [0, 0.05) is 57.1 Å². The molecule has 2 fully saturated rings. The molecule has 1 aromatic rings. The van der Waals surface area contributed by atoms with E-state index in [1.54, 1.807) is 0 Å². The minimum atomic E-state index is 0.0112. The summed E-state index contributed by atoms with van der Waals surface area (Å²) in [6.07, 6.45) is 9.28. The van der Waals surface area contributed by atoms with Crippen LogP contribution in [0.2, 0.25) is 0 Å². The van der Waals surface area contributed by atoms with Gasteiger partial charge < -0.3 is 15.1 Å². The number of rotatable bonds is 5. The maximum absolute atomic E-state index is 12.7. The summed E-state index contributed by atoms with van der Waals surface area (Å²) in [6, 6.07) is 8.44. The standard InChI is InChI=1S/C25H36N4O2/c1-20-8-2-4-11-22(20)27-16-18-28(19-17-27)24(30)13-6-14-26-25(31)29-15-7-10-21-9-3-5-12-23(21)29/h2,4,8,11-12,21H,3,5-7,9-10,13-19H2,1H3,(H,26,31). The zero-order valence-corrected chi connectivity index (χ0v) is 18.8. The van der Waals surface area contributed by atoms with Crippen LogP contribution >= 0.6 is 0 Å². The Balaban J connectivity index is 1.17. The molecule has 1 aromatic carbocycles. The molecular weight excluding hydrogens is 388 g/mol. The summed E-state index contributed by atoms with van der Waals surface area (Å²) in [7, 11) is 0. The Morgan fingerprint density at radius 2 is 1.81 bits per heavy atom. The minimum Gasteiger partial charge on any atom is -0.368 e. The van der Waals surface area contributed by atoms with Gasteiger partial charge >= 0.3 is 6.03 Å². The zero-order valence-electron chi connectivity index (χ0n) is 18.8. The van der Waals surface area contributed by atoms with Crippen LogP contribution in [0.5, 0.6) is 0 Å². The Labute approximate surface area is 186 Å². The molecule has 1 N–H and O–H groups in total. The van der Waals surface area contributed by atoms with E-state index in [9.17, 15) is 9.59 Å². The normalized spacial score (nSPS) is 21.4. The van der Waals surface area contributed by atoms with Crippen molar-refractivity contribution in [2.75, 3.05) is 44.2 Å². The summed E-state index contributed by atoms with van der Waals surface area (Å²) in [5, 5.41) is 3.05. The number of piperazine rings is 1. The number of piperidine rings is 1. The van der Waals surface area contributed by atoms with Crippen molar-refractivity contribution in [1.82, 2.24) is 15.1 Å². The van der Waals surface area contributed by atoms with Crippen molar-refractivity contribution in [3.05, 3.63) is 41.6 Å². The summed E-state index contributed by atoms with van der Waals surface area (Å²) in [6.45, 7) is 6.79. The second-order valence-corrected chi connectivity index (χ2v) is 9.04. The lowest BCUT2D eigenvalue weighted by Crippen LogP contribution is -2.49. The van der Waals surface area contributed by atoms with Crippen molar-refractivity contribution in [3.63, 3.8) is 0 Å². The summed E-state index contributed by atoms with van der Waals surface area (Å²) in [5.41, 5.74) is 3.78. The molecule has 0 bridgehead atoms. The van der Waals surface area contributed by atoms with E-state index in [0.717, 1.165) is 45.6 Å². The lowest BCUT2D eigenvalue weighted by Gasteiger charge is -2.38. The van der Waals surface area contributed by atoms with Gasteiger partial charge in [0.15, 0.2) is 0 Å². The number of carbonyl (C=O) groups excluding carboxylic acids is 2. The summed E-state index contributed by atoms with van der Waals surface area (Å²) < 4.78 is 0. The van der Waals surface area contributed by atoms with Crippen LogP contribution in [0, 0.1) is 12.8 Å². The number of urea groups is 1. The molecule has 168 valence electrons. The molecule has 1 aliphatic carbocycles. The maximum atomic E-state index is 12.7. The molecular formula is C25H36N4O2. The highest BCUT2D eigenvalue weighted by molar-refractivity contribution is 5.78. The number of likely N-dealkylation sites (tertiary alicyclic amines) is 1. The predicted molar refractivity (Wildman–Crippen MR) is 124 cm³/mol. The molecule has 2 heterocycles. The first kappa shape index (κ1) is 21.7. The third kappa shape index (κ3) is 5.23. The zero-order chi connectivity index (χ0) is 21.6. The summed E-state index contributed by atoms with van der Waals surface area (Å²) in [5.74, 6) is 0.764. The largest absolute Gasteiger partial charge is 0.368 e. The van der Waals surface area contributed by atoms with E-state index in [4.69, 9.17) is 0 Å². The van der Waals surface area contributed by atoms with E-state index >= 15 is 0 Å². The van der Waals surface area contributed by atoms with Crippen LogP contribution in [0.1, 0.15) is 50.5 Å². The number of aryl methyl sites for hydroxylation is 1. The number of carbonyl (C=O) groups is 2. The number of benzene rings is 1. The molecule has 3 aliphatic rings. The Bertz CT molecular complexity index is 813. The van der Waals surface area contributed by atoms with Crippen LogP contribution < -0.4 is 10.2 Å². The molecule has 0 radical (unpaired) electrons. The molecule has 3 amide bonds. The maximum Gasteiger partial charge on any atom is 0.321 e. The first-order valence-corrected chi connectivity index (χ1v) is 12.0. The molecule has 0 spiro atoms. The Morgan fingerprint density at radius 3 is 2.61 bits per heavy atom. The van der Waals surface area contributed by atoms with Crippen molar-refractivity contribution in [2.24, 2.45) is 5.92 Å². The molecule has 2 aliphatic heterocycles. The number of hydrogen-bond donors (Lipinski definition) is 1. The third-order valence-electron chi connectivity index (χ3n) is 6.95. The van der Waals surface area contributed by atoms with Gasteiger partial charge in [0.1, 0.15) is 0 Å². The van der Waals surface area contributed by atoms with E-state index in [-0.39, 0.29) is 11.9 Å². The van der Waals surface area contributed by atoms with Crippen LogP contribution in [-0.2, 0) is 4.79 Å². The number of nitrogens with one attached hydrogen (secondary N) is 1. The highest BCUT2D eigenvalue weighted by atomic mass is 16.2. The minimum absolute atomic E-state index is 0.0112. The van der Waals surface area contributed by atoms with Crippen molar-refractivity contribution < 1.29 is 9.59 Å². The quantitative estimate of drug-likeness (QED) is 0.729. The Hall–Kier alpha value is -2.50. The van der Waals surface area contributed by atoms with E-state index in [0.29, 0.717) is 25.3 Å². The fourth-order valence-electron chi connectivity index (χ4n) is 5.20. The van der Waals surface area contributed by atoms with Gasteiger partial charge in [0.25, 0.3) is 0 Å². The number of allylic oxidation sites excluding steroid dienone is 2. The summed E-state index contributed by atoms with van der Waals surface area (Å²) in [4.78, 5) is 31.6. The smallest absolute Gasteiger partial charge is 0.321 e. The number of amides is 3. The van der Waals surface area contributed by atoms with Gasteiger partial charge in [0.05, 0.1) is 0 Å². The van der Waals surface area contributed by atoms with Gasteiger partial charge in [-0.1, -0.05) is 24.3 Å². The van der Waals surface area contributed by atoms with Crippen LogP contribution in [-0.4, -0.2) is 61.0 Å². The number of nitrogens with zero attached hydrogens (tertiary/aromatic N) is 3. The van der Waals surface area contributed by atoms with Crippen molar-refractivity contribution in [3.8, 4) is 0 Å². The summed E-state index contributed by atoms with van der Waals surface area (Å²) >= 11 is 0. The molecule has 0 saturated carbocycles. The van der Waals surface area contributed by atoms with Crippen LogP contribution in [0.15, 0.2) is 36.0 Å². The molecule has 2 saturated heterocycles. The van der Waals surface area contributed by atoms with Gasteiger partial charge in [-0.3, -0.25) is 9.69 Å². The first-order chi connectivity index (χ1) is 15.1. The van der Waals surface area contributed by atoms with E-state index in [1.807, 2.05) is 9.80 Å². The highest BCUT2D eigenvalue weighted by Crippen LogP contribution is 2.34. The predicted octanol–water partition coefficient (Wildman–Crippen LogP) is 3.91. The van der Waals surface area contributed by atoms with E-state index in [2.05, 4.69) is 47.5 Å². The third-order valence-corrected chi connectivity index (χ3v) is 6.95. The van der Waals surface area contributed by atoms with Crippen molar-refractivity contribution >= 4 is 17.6 Å². The highest BCUT2D eigenvalue weighted by Gasteiger charge is 2.30. The number of hydrogen-bond acceptors (Lipinski definition) is 3. The van der Waals surface area contributed by atoms with Gasteiger partial charge in [-0.25, -0.2) is 4.79 Å². The topological polar surface area (TPSA) is 55.9 Å². The molecule has 6 heteroatoms. The lowest BCUT2D eigenvalue weighted by atomic mass is 9.85. The molecule has 6 nitrogen and oxygen atoms in total. The average Bonchev–Trinajstić information content (AvgIpc) is 2.81. The van der Waals surface area contributed by atoms with E-state index in [1.165, 1.54) is 36.2 Å². The SMILES string of the molecule is Cc1ccccc1N1CCN(C(=O)CCCNC(=O)N2CCCC3CCCC=C32)CC1. The van der Waals surface area contributed by atoms with Gasteiger partial charge in [0.2, 0.25) is 5.91 Å². The fraction of sp³-hybridized carbons (Fsp3) is 0.600.